The van der Waals surface area contributed by atoms with E-state index in [2.05, 4.69) is 41.3 Å². The lowest BCUT2D eigenvalue weighted by Crippen LogP contribution is -2.33. The molecule has 1 aliphatic rings. The minimum Gasteiger partial charge on any atom is -0.357 e. The van der Waals surface area contributed by atoms with E-state index < -0.39 is 0 Å². The van der Waals surface area contributed by atoms with E-state index in [0.29, 0.717) is 6.04 Å². The van der Waals surface area contributed by atoms with Crippen LogP contribution in [0.5, 0.6) is 0 Å². The molecular formula is C16H27N3. The molecule has 1 aromatic heterocycles. The predicted octanol–water partition coefficient (Wildman–Crippen LogP) is 3.35. The lowest BCUT2D eigenvalue weighted by Gasteiger charge is -2.32. The fourth-order valence-electron chi connectivity index (χ4n) is 2.79. The molecule has 3 nitrogen and oxygen atoms in total. The maximum Gasteiger partial charge on any atom is 0.128 e. The molecule has 1 aromatic rings. The van der Waals surface area contributed by atoms with Crippen LogP contribution in [-0.2, 0) is 6.54 Å². The zero-order valence-electron chi connectivity index (χ0n) is 12.4. The topological polar surface area (TPSA) is 28.2 Å². The molecule has 0 aliphatic heterocycles. The Labute approximate surface area is 117 Å². The Balaban J connectivity index is 1.89. The van der Waals surface area contributed by atoms with Crippen LogP contribution in [0.15, 0.2) is 18.3 Å². The van der Waals surface area contributed by atoms with Crippen LogP contribution in [0.4, 0.5) is 5.82 Å². The molecule has 0 bridgehead atoms. The van der Waals surface area contributed by atoms with Crippen LogP contribution in [0.3, 0.4) is 0 Å². The summed E-state index contributed by atoms with van der Waals surface area (Å²) in [6, 6.07) is 5.05. The monoisotopic (exact) mass is 261 g/mol. The van der Waals surface area contributed by atoms with Crippen molar-refractivity contribution in [1.29, 1.82) is 0 Å². The van der Waals surface area contributed by atoms with Gasteiger partial charge in [-0.1, -0.05) is 32.3 Å². The van der Waals surface area contributed by atoms with Crippen LogP contribution in [0, 0.1) is 0 Å². The van der Waals surface area contributed by atoms with Crippen molar-refractivity contribution in [2.75, 3.05) is 18.5 Å². The molecule has 0 unspecified atom stereocenters. The maximum absolute atomic E-state index is 4.62. The number of pyridine rings is 1. The number of anilines is 1. The van der Waals surface area contributed by atoms with E-state index in [9.17, 15) is 0 Å². The summed E-state index contributed by atoms with van der Waals surface area (Å²) in [5.74, 6) is 1.12. The quantitative estimate of drug-likeness (QED) is 0.796. The van der Waals surface area contributed by atoms with Gasteiger partial charge in [-0.3, -0.25) is 0 Å². The summed E-state index contributed by atoms with van der Waals surface area (Å²) in [6.07, 6.45) is 9.96. The number of hydrogen-bond donors (Lipinski definition) is 1. The van der Waals surface area contributed by atoms with E-state index in [1.165, 1.54) is 44.1 Å². The van der Waals surface area contributed by atoms with Gasteiger partial charge in [0.25, 0.3) is 0 Å². The Hall–Kier alpha value is -1.09. The highest BCUT2D eigenvalue weighted by molar-refractivity contribution is 5.39. The van der Waals surface area contributed by atoms with Crippen LogP contribution in [0.1, 0.15) is 51.0 Å². The molecule has 1 fully saturated rings. The molecule has 0 aromatic carbocycles. The second-order valence-electron chi connectivity index (χ2n) is 5.60. The minimum absolute atomic E-state index is 0.685. The van der Waals surface area contributed by atoms with Gasteiger partial charge < -0.3 is 10.2 Å². The largest absolute Gasteiger partial charge is 0.357 e. The first-order valence-electron chi connectivity index (χ1n) is 7.69. The van der Waals surface area contributed by atoms with Gasteiger partial charge in [0.05, 0.1) is 0 Å². The fraction of sp³-hybridized carbons (Fsp3) is 0.688. The molecular weight excluding hydrogens is 234 g/mol. The van der Waals surface area contributed by atoms with Gasteiger partial charge in [0.1, 0.15) is 5.82 Å². The predicted molar refractivity (Wildman–Crippen MR) is 81.5 cm³/mol. The van der Waals surface area contributed by atoms with Gasteiger partial charge in [-0.2, -0.15) is 0 Å². The lowest BCUT2D eigenvalue weighted by atomic mass is 9.94. The maximum atomic E-state index is 4.62. The average molecular weight is 261 g/mol. The average Bonchev–Trinajstić information content (AvgIpc) is 2.48. The number of nitrogens with zero attached hydrogens (tertiary/aromatic N) is 2. The van der Waals surface area contributed by atoms with E-state index in [0.717, 1.165) is 18.9 Å². The molecule has 3 heteroatoms. The third kappa shape index (κ3) is 4.20. The molecule has 1 heterocycles. The summed E-state index contributed by atoms with van der Waals surface area (Å²) < 4.78 is 0. The highest BCUT2D eigenvalue weighted by Gasteiger charge is 2.18. The Morgan fingerprint density at radius 1 is 1.26 bits per heavy atom. The van der Waals surface area contributed by atoms with Crippen LogP contribution < -0.4 is 10.2 Å². The molecule has 0 amide bonds. The lowest BCUT2D eigenvalue weighted by molar-refractivity contribution is 0.426. The van der Waals surface area contributed by atoms with Gasteiger partial charge in [0.2, 0.25) is 0 Å². The van der Waals surface area contributed by atoms with Gasteiger partial charge in [0.15, 0.2) is 0 Å². The van der Waals surface area contributed by atoms with Crippen LogP contribution >= 0.6 is 0 Å². The molecule has 1 saturated carbocycles. The van der Waals surface area contributed by atoms with Gasteiger partial charge >= 0.3 is 0 Å². The van der Waals surface area contributed by atoms with E-state index in [1.54, 1.807) is 0 Å². The second-order valence-corrected chi connectivity index (χ2v) is 5.60. The molecule has 0 radical (unpaired) electrons. The van der Waals surface area contributed by atoms with Crippen molar-refractivity contribution < 1.29 is 0 Å². The fourth-order valence-corrected chi connectivity index (χ4v) is 2.79. The summed E-state index contributed by atoms with van der Waals surface area (Å²) in [6.45, 7) is 4.19. The molecule has 0 spiro atoms. The number of nitrogens with one attached hydrogen (secondary N) is 1. The van der Waals surface area contributed by atoms with Crippen molar-refractivity contribution in [2.45, 2.75) is 58.0 Å². The summed E-state index contributed by atoms with van der Waals surface area (Å²) >= 11 is 0. The van der Waals surface area contributed by atoms with Gasteiger partial charge in [0, 0.05) is 25.8 Å². The van der Waals surface area contributed by atoms with Crippen molar-refractivity contribution in [1.82, 2.24) is 10.3 Å². The Kier molecular flexibility index (Phi) is 5.64. The van der Waals surface area contributed by atoms with Crippen molar-refractivity contribution in [3.05, 3.63) is 23.9 Å². The number of rotatable bonds is 6. The second kappa shape index (κ2) is 7.49. The first kappa shape index (κ1) is 14.3. The molecule has 106 valence electrons. The Morgan fingerprint density at radius 2 is 2.05 bits per heavy atom. The van der Waals surface area contributed by atoms with Crippen LogP contribution in [-0.4, -0.2) is 24.6 Å². The zero-order chi connectivity index (χ0) is 13.5. The highest BCUT2D eigenvalue weighted by Crippen LogP contribution is 2.24. The summed E-state index contributed by atoms with van der Waals surface area (Å²) in [4.78, 5) is 6.98. The SMILES string of the molecule is CCCNCc1ccc(N(C)C2CCCCC2)nc1. The van der Waals surface area contributed by atoms with Crippen molar-refractivity contribution in [3.8, 4) is 0 Å². The molecule has 1 aliphatic carbocycles. The van der Waals surface area contributed by atoms with E-state index in [1.807, 2.05) is 6.20 Å². The third-order valence-electron chi connectivity index (χ3n) is 4.05. The van der Waals surface area contributed by atoms with Crippen LogP contribution in [0.2, 0.25) is 0 Å². The summed E-state index contributed by atoms with van der Waals surface area (Å²) in [5, 5.41) is 3.41. The normalized spacial score (nSPS) is 16.5. The molecule has 1 N–H and O–H groups in total. The molecule has 0 atom stereocenters. The Morgan fingerprint density at radius 3 is 2.68 bits per heavy atom. The summed E-state index contributed by atoms with van der Waals surface area (Å²) in [7, 11) is 2.19. The molecule has 19 heavy (non-hydrogen) atoms. The van der Waals surface area contributed by atoms with Gasteiger partial charge in [-0.15, -0.1) is 0 Å². The summed E-state index contributed by atoms with van der Waals surface area (Å²) in [5.41, 5.74) is 1.27. The van der Waals surface area contributed by atoms with Gasteiger partial charge in [-0.05, 0) is 37.4 Å². The van der Waals surface area contributed by atoms with Crippen molar-refractivity contribution >= 4 is 5.82 Å². The standard InChI is InChI=1S/C16H27N3/c1-3-11-17-12-14-9-10-16(18-13-14)19(2)15-7-5-4-6-8-15/h9-10,13,15,17H,3-8,11-12H2,1-2H3. The van der Waals surface area contributed by atoms with Gasteiger partial charge in [-0.25, -0.2) is 4.98 Å². The Bertz CT molecular complexity index is 355. The number of hydrogen-bond acceptors (Lipinski definition) is 3. The van der Waals surface area contributed by atoms with E-state index >= 15 is 0 Å². The highest BCUT2D eigenvalue weighted by atomic mass is 15.2. The van der Waals surface area contributed by atoms with Crippen molar-refractivity contribution in [2.24, 2.45) is 0 Å². The first-order valence-corrected chi connectivity index (χ1v) is 7.69. The smallest absolute Gasteiger partial charge is 0.128 e. The van der Waals surface area contributed by atoms with Crippen molar-refractivity contribution in [3.63, 3.8) is 0 Å². The van der Waals surface area contributed by atoms with E-state index in [-0.39, 0.29) is 0 Å². The first-order chi connectivity index (χ1) is 9.31. The minimum atomic E-state index is 0.685. The zero-order valence-corrected chi connectivity index (χ0v) is 12.4. The molecule has 2 rings (SSSR count). The van der Waals surface area contributed by atoms with E-state index in [4.69, 9.17) is 0 Å². The third-order valence-corrected chi connectivity index (χ3v) is 4.05. The van der Waals surface area contributed by atoms with Crippen LogP contribution in [0.25, 0.3) is 0 Å². The number of aromatic nitrogens is 1. The molecule has 0 saturated heterocycles.